The lowest BCUT2D eigenvalue weighted by molar-refractivity contribution is -0.0275. The average Bonchev–Trinajstić information content (AvgIpc) is 3.18. The van der Waals surface area contributed by atoms with Gasteiger partial charge >= 0.3 is 0 Å². The van der Waals surface area contributed by atoms with E-state index in [-0.39, 0.29) is 12.2 Å². The van der Waals surface area contributed by atoms with Crippen molar-refractivity contribution in [2.45, 2.75) is 38.0 Å². The number of aromatic nitrogens is 2. The molecule has 1 atom stereocenters. The molecule has 0 radical (unpaired) electrons. The van der Waals surface area contributed by atoms with Crippen molar-refractivity contribution in [1.29, 1.82) is 0 Å². The molecule has 2 aliphatic heterocycles. The molecule has 0 N–H and O–H groups in total. The Morgan fingerprint density at radius 3 is 2.62 bits per heavy atom. The maximum atomic E-state index is 6.75. The van der Waals surface area contributed by atoms with Gasteiger partial charge in [-0.25, -0.2) is 4.98 Å². The van der Waals surface area contributed by atoms with E-state index in [0.717, 1.165) is 56.2 Å². The summed E-state index contributed by atoms with van der Waals surface area (Å²) in [5, 5.41) is 0. The monoisotopic (exact) mass is 429 g/mol. The van der Waals surface area contributed by atoms with Gasteiger partial charge in [0.15, 0.2) is 0 Å². The van der Waals surface area contributed by atoms with Crippen LogP contribution in [0.5, 0.6) is 5.75 Å². The fourth-order valence-electron chi connectivity index (χ4n) is 4.59. The van der Waals surface area contributed by atoms with Crippen LogP contribution in [0.3, 0.4) is 0 Å². The lowest BCUT2D eigenvalue weighted by Crippen LogP contribution is -2.35. The minimum absolute atomic E-state index is 0.121. The Hall–Kier alpha value is -2.89. The Balaban J connectivity index is 1.35. The molecule has 0 aliphatic carbocycles. The van der Waals surface area contributed by atoms with Crippen molar-refractivity contribution in [2.75, 3.05) is 26.7 Å². The molecule has 1 saturated heterocycles. The van der Waals surface area contributed by atoms with Crippen molar-refractivity contribution in [3.05, 3.63) is 89.5 Å². The molecule has 5 nitrogen and oxygen atoms in total. The lowest BCUT2D eigenvalue weighted by Gasteiger charge is -2.32. The molecule has 32 heavy (non-hydrogen) atoms. The molecule has 2 aliphatic rings. The molecule has 1 fully saturated rings. The van der Waals surface area contributed by atoms with Crippen molar-refractivity contribution in [1.82, 2.24) is 14.5 Å². The molecule has 3 heterocycles. The van der Waals surface area contributed by atoms with Gasteiger partial charge in [0.2, 0.25) is 0 Å². The summed E-state index contributed by atoms with van der Waals surface area (Å²) in [6.07, 6.45) is 9.49. The van der Waals surface area contributed by atoms with Crippen LogP contribution in [-0.4, -0.2) is 47.3 Å². The Morgan fingerprint density at radius 1 is 1.00 bits per heavy atom. The van der Waals surface area contributed by atoms with Crippen LogP contribution in [0.1, 0.15) is 41.6 Å². The first-order valence-electron chi connectivity index (χ1n) is 11.6. The van der Waals surface area contributed by atoms with Gasteiger partial charge in [-0.1, -0.05) is 42.5 Å². The number of imidazole rings is 1. The number of para-hydroxylation sites is 1. The van der Waals surface area contributed by atoms with Crippen LogP contribution in [0.4, 0.5) is 0 Å². The van der Waals surface area contributed by atoms with E-state index in [0.29, 0.717) is 6.61 Å². The molecule has 0 amide bonds. The summed E-state index contributed by atoms with van der Waals surface area (Å²) in [6, 6.07) is 18.6. The number of piperidine rings is 1. The zero-order valence-corrected chi connectivity index (χ0v) is 18.7. The number of hydrogen-bond donors (Lipinski definition) is 0. The smallest absolute Gasteiger partial charge is 0.143 e. The first kappa shape index (κ1) is 21.0. The fraction of sp³-hybridized carbons (Fsp3) is 0.370. The largest absolute Gasteiger partial charge is 0.490 e. The topological polar surface area (TPSA) is 39.5 Å². The number of fused-ring (bicyclic) bond motifs is 2. The average molecular weight is 430 g/mol. The number of hydrogen-bond acceptors (Lipinski definition) is 4. The van der Waals surface area contributed by atoms with Gasteiger partial charge in [0.05, 0.1) is 11.8 Å². The van der Waals surface area contributed by atoms with Crippen molar-refractivity contribution >= 4 is 6.08 Å². The quantitative estimate of drug-likeness (QED) is 0.568. The van der Waals surface area contributed by atoms with Crippen LogP contribution in [-0.2, 0) is 17.7 Å². The standard InChI is InChI=1S/C27H31N3O2/c1-29-16-14-24(15-17-29)32-26-25-12-6-5-8-21(25)13-18-30-20-22(28-27(26)30)9-7-19-31-23-10-3-2-4-11-23/h2-12,20,24,26H,13-19H2,1H3/b9-7+. The highest BCUT2D eigenvalue weighted by Gasteiger charge is 2.30. The Kier molecular flexibility index (Phi) is 6.37. The molecule has 1 unspecified atom stereocenters. The molecular weight excluding hydrogens is 398 g/mol. The van der Waals surface area contributed by atoms with Crippen LogP contribution in [0, 0.1) is 0 Å². The maximum absolute atomic E-state index is 6.75. The highest BCUT2D eigenvalue weighted by molar-refractivity contribution is 5.45. The summed E-state index contributed by atoms with van der Waals surface area (Å²) in [4.78, 5) is 7.38. The number of aryl methyl sites for hydroxylation is 2. The Labute approximate surface area is 190 Å². The van der Waals surface area contributed by atoms with Crippen LogP contribution >= 0.6 is 0 Å². The third-order valence-electron chi connectivity index (χ3n) is 6.39. The van der Waals surface area contributed by atoms with E-state index in [2.05, 4.69) is 47.0 Å². The van der Waals surface area contributed by atoms with Crippen LogP contribution in [0.2, 0.25) is 0 Å². The second-order valence-electron chi connectivity index (χ2n) is 8.71. The van der Waals surface area contributed by atoms with Gasteiger partial charge < -0.3 is 18.9 Å². The SMILES string of the molecule is CN1CCC(OC2c3ccccc3CCn3cc(/C=C/COc4ccccc4)nc32)CC1. The second-order valence-corrected chi connectivity index (χ2v) is 8.71. The van der Waals surface area contributed by atoms with Crippen LogP contribution < -0.4 is 4.74 Å². The molecule has 166 valence electrons. The van der Waals surface area contributed by atoms with Crippen LogP contribution in [0.25, 0.3) is 6.08 Å². The molecule has 0 saturated carbocycles. The molecule has 0 spiro atoms. The molecule has 2 aromatic carbocycles. The zero-order valence-electron chi connectivity index (χ0n) is 18.7. The van der Waals surface area contributed by atoms with Crippen molar-refractivity contribution in [2.24, 2.45) is 0 Å². The van der Waals surface area contributed by atoms with E-state index in [1.165, 1.54) is 11.1 Å². The minimum Gasteiger partial charge on any atom is -0.490 e. The third kappa shape index (κ3) is 4.79. The molecule has 5 heteroatoms. The van der Waals surface area contributed by atoms with Gasteiger partial charge in [0.25, 0.3) is 0 Å². The number of benzene rings is 2. The predicted molar refractivity (Wildman–Crippen MR) is 127 cm³/mol. The van der Waals surface area contributed by atoms with Crippen molar-refractivity contribution < 1.29 is 9.47 Å². The van der Waals surface area contributed by atoms with Crippen molar-refractivity contribution in [3.8, 4) is 5.75 Å². The zero-order chi connectivity index (χ0) is 21.8. The van der Waals surface area contributed by atoms with Gasteiger partial charge in [0.1, 0.15) is 24.3 Å². The first-order chi connectivity index (χ1) is 15.8. The van der Waals surface area contributed by atoms with E-state index in [4.69, 9.17) is 14.5 Å². The van der Waals surface area contributed by atoms with E-state index in [1.807, 2.05) is 42.5 Å². The summed E-state index contributed by atoms with van der Waals surface area (Å²) in [7, 11) is 2.18. The van der Waals surface area contributed by atoms with Gasteiger partial charge in [0, 0.05) is 25.8 Å². The summed E-state index contributed by atoms with van der Waals surface area (Å²) >= 11 is 0. The molecular formula is C27H31N3O2. The van der Waals surface area contributed by atoms with Crippen molar-refractivity contribution in [3.63, 3.8) is 0 Å². The lowest BCUT2D eigenvalue weighted by atomic mass is 10.00. The summed E-state index contributed by atoms with van der Waals surface area (Å²) in [5.41, 5.74) is 3.58. The number of likely N-dealkylation sites (tertiary alicyclic amines) is 1. The number of rotatable bonds is 6. The molecule has 5 rings (SSSR count). The Morgan fingerprint density at radius 2 is 1.78 bits per heavy atom. The number of ether oxygens (including phenoxy) is 2. The minimum atomic E-state index is -0.121. The van der Waals surface area contributed by atoms with Gasteiger partial charge in [-0.15, -0.1) is 0 Å². The van der Waals surface area contributed by atoms with Crippen LogP contribution in [0.15, 0.2) is 66.9 Å². The normalized spacial score (nSPS) is 19.5. The highest BCUT2D eigenvalue weighted by atomic mass is 16.5. The predicted octanol–water partition coefficient (Wildman–Crippen LogP) is 4.73. The summed E-state index contributed by atoms with van der Waals surface area (Å²) in [5.74, 6) is 1.89. The van der Waals surface area contributed by atoms with E-state index in [9.17, 15) is 0 Å². The van der Waals surface area contributed by atoms with Gasteiger partial charge in [-0.05, 0) is 61.7 Å². The van der Waals surface area contributed by atoms with Gasteiger partial charge in [-0.2, -0.15) is 0 Å². The van der Waals surface area contributed by atoms with E-state index >= 15 is 0 Å². The highest BCUT2D eigenvalue weighted by Crippen LogP contribution is 2.34. The van der Waals surface area contributed by atoms with E-state index in [1.54, 1.807) is 0 Å². The van der Waals surface area contributed by atoms with E-state index < -0.39 is 0 Å². The molecule has 3 aromatic rings. The third-order valence-corrected chi connectivity index (χ3v) is 6.39. The van der Waals surface area contributed by atoms with Gasteiger partial charge in [-0.3, -0.25) is 0 Å². The molecule has 1 aromatic heterocycles. The molecule has 0 bridgehead atoms. The second kappa shape index (κ2) is 9.72. The number of nitrogens with zero attached hydrogens (tertiary/aromatic N) is 3. The fourth-order valence-corrected chi connectivity index (χ4v) is 4.59. The maximum Gasteiger partial charge on any atom is 0.143 e. The first-order valence-corrected chi connectivity index (χ1v) is 11.6. The summed E-state index contributed by atoms with van der Waals surface area (Å²) < 4.78 is 14.8. The summed E-state index contributed by atoms with van der Waals surface area (Å²) in [6.45, 7) is 3.61. The Bertz CT molecular complexity index is 1050.